The fourth-order valence-corrected chi connectivity index (χ4v) is 3.67. The molecule has 0 aromatic carbocycles. The monoisotopic (exact) mass is 532 g/mol. The van der Waals surface area contributed by atoms with E-state index < -0.39 is 0 Å². The number of hydrogen-bond donors (Lipinski definition) is 2. The predicted octanol–water partition coefficient (Wildman–Crippen LogP) is 3.96. The lowest BCUT2D eigenvalue weighted by Crippen LogP contribution is -2.44. The second kappa shape index (κ2) is 14.6. The van der Waals surface area contributed by atoms with Crippen LogP contribution in [0.4, 0.5) is 0 Å². The molecule has 1 fully saturated rings. The summed E-state index contributed by atoms with van der Waals surface area (Å²) < 4.78 is 2.10. The third-order valence-electron chi connectivity index (χ3n) is 5.77. The molecule has 2 N–H and O–H groups in total. The Labute approximate surface area is 199 Å². The zero-order chi connectivity index (χ0) is 21.1. The van der Waals surface area contributed by atoms with E-state index in [9.17, 15) is 4.79 Å². The molecule has 0 spiro atoms. The second-order valence-corrected chi connectivity index (χ2v) is 8.33. The second-order valence-electron chi connectivity index (χ2n) is 8.33. The van der Waals surface area contributed by atoms with E-state index >= 15 is 0 Å². The number of carbonyl (C=O) groups is 1. The molecular formula is C22H41IN6O. The number of halogens is 1. The number of amides is 1. The molecule has 1 aromatic rings. The summed E-state index contributed by atoms with van der Waals surface area (Å²) in [4.78, 5) is 18.3. The maximum absolute atomic E-state index is 12.0. The Kier molecular flexibility index (Phi) is 13.0. The van der Waals surface area contributed by atoms with Crippen molar-refractivity contribution in [1.29, 1.82) is 0 Å². The maximum Gasteiger partial charge on any atom is 0.241 e. The molecule has 1 unspecified atom stereocenters. The summed E-state index contributed by atoms with van der Waals surface area (Å²) in [6.07, 6.45) is 11.9. The largest absolute Gasteiger partial charge is 0.356 e. The first-order chi connectivity index (χ1) is 14.0. The third kappa shape index (κ3) is 9.22. The van der Waals surface area contributed by atoms with Crippen LogP contribution in [-0.2, 0) is 11.3 Å². The Morgan fingerprint density at radius 3 is 2.67 bits per heavy atom. The van der Waals surface area contributed by atoms with Gasteiger partial charge in [-0.2, -0.15) is 5.10 Å². The number of rotatable bonds is 11. The van der Waals surface area contributed by atoms with Gasteiger partial charge in [-0.05, 0) is 31.2 Å². The highest BCUT2D eigenvalue weighted by Gasteiger charge is 2.17. The molecule has 172 valence electrons. The van der Waals surface area contributed by atoms with E-state index in [-0.39, 0.29) is 36.4 Å². The maximum atomic E-state index is 12.0. The molecule has 2 rings (SSSR count). The molecule has 1 heterocycles. The summed E-state index contributed by atoms with van der Waals surface area (Å²) in [6.45, 7) is 6.08. The number of unbranched alkanes of at least 4 members (excludes halogenated alkanes) is 1. The van der Waals surface area contributed by atoms with Crippen molar-refractivity contribution in [3.63, 3.8) is 0 Å². The summed E-state index contributed by atoms with van der Waals surface area (Å²) in [6, 6.07) is 2.60. The summed E-state index contributed by atoms with van der Waals surface area (Å²) in [5.41, 5.74) is 0.968. The van der Waals surface area contributed by atoms with Crippen molar-refractivity contribution in [2.45, 2.75) is 77.8 Å². The normalized spacial score (nSPS) is 15.5. The Balaban J connectivity index is 0.00000450. The fraction of sp³-hybridized carbons (Fsp3) is 0.773. The average Bonchev–Trinajstić information content (AvgIpc) is 3.40. The molecule has 1 amide bonds. The first-order valence-electron chi connectivity index (χ1n) is 11.3. The van der Waals surface area contributed by atoms with Crippen LogP contribution in [0.5, 0.6) is 0 Å². The predicted molar refractivity (Wildman–Crippen MR) is 134 cm³/mol. The van der Waals surface area contributed by atoms with Crippen molar-refractivity contribution >= 4 is 35.8 Å². The molecule has 1 atom stereocenters. The zero-order valence-corrected chi connectivity index (χ0v) is 21.5. The molecule has 0 aliphatic heterocycles. The van der Waals surface area contributed by atoms with Gasteiger partial charge in [-0.1, -0.05) is 46.0 Å². The highest BCUT2D eigenvalue weighted by molar-refractivity contribution is 14.0. The first kappa shape index (κ1) is 26.7. The Hall–Kier alpha value is -1.32. The van der Waals surface area contributed by atoms with Crippen molar-refractivity contribution in [1.82, 2.24) is 25.3 Å². The summed E-state index contributed by atoms with van der Waals surface area (Å²) in [5.74, 6) is 1.33. The molecule has 7 nitrogen and oxygen atoms in total. The lowest BCUT2D eigenvalue weighted by atomic mass is 9.99. The Morgan fingerprint density at radius 1 is 1.30 bits per heavy atom. The van der Waals surface area contributed by atoms with Gasteiger partial charge >= 0.3 is 0 Å². The van der Waals surface area contributed by atoms with Gasteiger partial charge in [-0.3, -0.25) is 9.48 Å². The van der Waals surface area contributed by atoms with E-state index in [1.807, 2.05) is 0 Å². The van der Waals surface area contributed by atoms with Gasteiger partial charge in [0.15, 0.2) is 5.96 Å². The summed E-state index contributed by atoms with van der Waals surface area (Å²) >= 11 is 0. The Morgan fingerprint density at radius 2 is 2.03 bits per heavy atom. The molecule has 1 saturated carbocycles. The number of hydrogen-bond acceptors (Lipinski definition) is 3. The molecule has 1 aliphatic rings. The topological polar surface area (TPSA) is 74.5 Å². The number of aliphatic imine (C=N–C) groups is 1. The lowest BCUT2D eigenvalue weighted by Gasteiger charge is -2.19. The van der Waals surface area contributed by atoms with Crippen LogP contribution in [0.1, 0.15) is 76.9 Å². The number of nitrogens with one attached hydrogen (secondary N) is 2. The smallest absolute Gasteiger partial charge is 0.241 e. The average molecular weight is 533 g/mol. The molecule has 0 saturated heterocycles. The van der Waals surface area contributed by atoms with E-state index in [0.717, 1.165) is 18.7 Å². The van der Waals surface area contributed by atoms with E-state index in [1.165, 1.54) is 44.9 Å². The standard InChI is InChI=1S/C22H40N6O.HI/c1-5-7-10-18(6-2)15-23-22(25-17-21(29)27(3)4)24-16-19-13-14-28(26-19)20-11-8-9-12-20;/h13-14,18,20H,5-12,15-17H2,1-4H3,(H2,23,24,25);1H. The van der Waals surface area contributed by atoms with Crippen molar-refractivity contribution in [2.24, 2.45) is 10.9 Å². The van der Waals surface area contributed by atoms with Gasteiger partial charge in [0.05, 0.1) is 24.8 Å². The summed E-state index contributed by atoms with van der Waals surface area (Å²) in [7, 11) is 3.53. The van der Waals surface area contributed by atoms with E-state index in [1.54, 1.807) is 19.0 Å². The highest BCUT2D eigenvalue weighted by Crippen LogP contribution is 2.28. The van der Waals surface area contributed by atoms with Crippen LogP contribution in [0.3, 0.4) is 0 Å². The van der Waals surface area contributed by atoms with Gasteiger partial charge < -0.3 is 15.5 Å². The molecule has 30 heavy (non-hydrogen) atoms. The van der Waals surface area contributed by atoms with Gasteiger partial charge in [0, 0.05) is 26.8 Å². The van der Waals surface area contributed by atoms with Crippen LogP contribution in [0.15, 0.2) is 17.3 Å². The van der Waals surface area contributed by atoms with Crippen LogP contribution < -0.4 is 10.6 Å². The van der Waals surface area contributed by atoms with Crippen molar-refractivity contribution in [2.75, 3.05) is 27.2 Å². The number of likely N-dealkylation sites (N-methyl/N-ethyl adjacent to an activating group) is 1. The molecule has 0 radical (unpaired) electrons. The fourth-order valence-electron chi connectivity index (χ4n) is 3.67. The first-order valence-corrected chi connectivity index (χ1v) is 11.3. The minimum atomic E-state index is 0. The van der Waals surface area contributed by atoms with Crippen molar-refractivity contribution in [3.8, 4) is 0 Å². The van der Waals surface area contributed by atoms with Crippen LogP contribution in [-0.4, -0.2) is 53.7 Å². The van der Waals surface area contributed by atoms with Crippen LogP contribution >= 0.6 is 24.0 Å². The lowest BCUT2D eigenvalue weighted by molar-refractivity contribution is -0.127. The Bertz CT molecular complexity index is 639. The zero-order valence-electron chi connectivity index (χ0n) is 19.2. The molecule has 1 aliphatic carbocycles. The van der Waals surface area contributed by atoms with Gasteiger partial charge in [0.2, 0.25) is 5.91 Å². The third-order valence-corrected chi connectivity index (χ3v) is 5.77. The van der Waals surface area contributed by atoms with Crippen molar-refractivity contribution < 1.29 is 4.79 Å². The van der Waals surface area contributed by atoms with Gasteiger partial charge in [-0.25, -0.2) is 4.99 Å². The number of aromatic nitrogens is 2. The van der Waals surface area contributed by atoms with E-state index in [2.05, 4.69) is 41.4 Å². The number of guanidine groups is 1. The minimum Gasteiger partial charge on any atom is -0.356 e. The van der Waals surface area contributed by atoms with E-state index in [4.69, 9.17) is 10.1 Å². The van der Waals surface area contributed by atoms with Crippen LogP contribution in [0.2, 0.25) is 0 Å². The van der Waals surface area contributed by atoms with Crippen molar-refractivity contribution in [3.05, 3.63) is 18.0 Å². The molecular weight excluding hydrogens is 491 g/mol. The molecule has 1 aromatic heterocycles. The SMILES string of the molecule is CCCCC(CC)CNC(=NCc1ccn(C2CCCC2)n1)NCC(=O)N(C)C.I. The summed E-state index contributed by atoms with van der Waals surface area (Å²) in [5, 5.41) is 11.3. The highest BCUT2D eigenvalue weighted by atomic mass is 127. The number of carbonyl (C=O) groups excluding carboxylic acids is 1. The quantitative estimate of drug-likeness (QED) is 0.257. The van der Waals surface area contributed by atoms with Crippen LogP contribution in [0, 0.1) is 5.92 Å². The molecule has 0 bridgehead atoms. The molecule has 8 heteroatoms. The van der Waals surface area contributed by atoms with Gasteiger partial charge in [0.25, 0.3) is 0 Å². The van der Waals surface area contributed by atoms with Crippen LogP contribution in [0.25, 0.3) is 0 Å². The number of nitrogens with zero attached hydrogens (tertiary/aromatic N) is 4. The van der Waals surface area contributed by atoms with E-state index in [0.29, 0.717) is 24.5 Å². The van der Waals surface area contributed by atoms with Gasteiger partial charge in [-0.15, -0.1) is 24.0 Å². The van der Waals surface area contributed by atoms with Gasteiger partial charge in [0.1, 0.15) is 0 Å². The minimum absolute atomic E-state index is 0.